The fourth-order valence-corrected chi connectivity index (χ4v) is 2.35. The predicted octanol–water partition coefficient (Wildman–Crippen LogP) is 2.42. The average Bonchev–Trinajstić information content (AvgIpc) is 2.52. The third-order valence-electron chi connectivity index (χ3n) is 2.49. The summed E-state index contributed by atoms with van der Waals surface area (Å²) in [6.07, 6.45) is 3.36. The van der Waals surface area contributed by atoms with Crippen molar-refractivity contribution in [3.8, 4) is 0 Å². The van der Waals surface area contributed by atoms with Crippen LogP contribution < -0.4 is 5.73 Å². The lowest BCUT2D eigenvalue weighted by molar-refractivity contribution is 0.491. The van der Waals surface area contributed by atoms with Crippen LogP contribution in [0, 0.1) is 0 Å². The Bertz CT molecular complexity index is 282. The normalized spacial score (nSPS) is 21.3. The zero-order chi connectivity index (χ0) is 8.55. The lowest BCUT2D eigenvalue weighted by Crippen LogP contribution is -2.04. The summed E-state index contributed by atoms with van der Waals surface area (Å²) in [7, 11) is 0. The lowest BCUT2D eigenvalue weighted by Gasteiger charge is -2.05. The molecule has 12 heavy (non-hydrogen) atoms. The van der Waals surface area contributed by atoms with Crippen LogP contribution in [0.2, 0.25) is 0 Å². The summed E-state index contributed by atoms with van der Waals surface area (Å²) in [6, 6.07) is 2.09. The first-order valence-electron chi connectivity index (χ1n) is 4.29. The highest BCUT2D eigenvalue weighted by atomic mass is 79.9. The average molecular weight is 230 g/mol. The monoisotopic (exact) mass is 229 g/mol. The molecule has 2 N–H and O–H groups in total. The van der Waals surface area contributed by atoms with Crippen LogP contribution in [0.15, 0.2) is 15.2 Å². The Morgan fingerprint density at radius 3 is 3.25 bits per heavy atom. The standard InChI is InChI=1S/C9H12BrNO/c10-9-5-7-6(3-4-11)1-2-8(7)12-9/h5-6H,1-4,11H2. The van der Waals surface area contributed by atoms with Crippen LogP contribution in [0.1, 0.15) is 30.1 Å². The van der Waals surface area contributed by atoms with Crippen molar-refractivity contribution in [3.05, 3.63) is 22.1 Å². The zero-order valence-electron chi connectivity index (χ0n) is 6.85. The van der Waals surface area contributed by atoms with E-state index in [0.29, 0.717) is 5.92 Å². The Balaban J connectivity index is 2.22. The van der Waals surface area contributed by atoms with Gasteiger partial charge < -0.3 is 10.2 Å². The van der Waals surface area contributed by atoms with Gasteiger partial charge >= 0.3 is 0 Å². The molecule has 1 aromatic heterocycles. The van der Waals surface area contributed by atoms with Gasteiger partial charge in [-0.3, -0.25) is 0 Å². The molecule has 0 bridgehead atoms. The number of nitrogens with two attached hydrogens (primary N) is 1. The van der Waals surface area contributed by atoms with Crippen LogP contribution in [-0.4, -0.2) is 6.54 Å². The van der Waals surface area contributed by atoms with Crippen molar-refractivity contribution in [2.45, 2.75) is 25.2 Å². The van der Waals surface area contributed by atoms with Crippen molar-refractivity contribution in [1.29, 1.82) is 0 Å². The molecule has 0 saturated carbocycles. The van der Waals surface area contributed by atoms with E-state index in [1.807, 2.05) is 0 Å². The van der Waals surface area contributed by atoms with Crippen molar-refractivity contribution < 1.29 is 4.42 Å². The molecule has 1 heterocycles. The summed E-state index contributed by atoms with van der Waals surface area (Å²) in [6.45, 7) is 0.771. The minimum absolute atomic E-state index is 0.639. The van der Waals surface area contributed by atoms with E-state index in [0.717, 1.165) is 29.8 Å². The van der Waals surface area contributed by atoms with Crippen molar-refractivity contribution >= 4 is 15.9 Å². The molecule has 1 aliphatic rings. The maximum Gasteiger partial charge on any atom is 0.169 e. The van der Waals surface area contributed by atoms with Gasteiger partial charge in [0.15, 0.2) is 4.67 Å². The highest BCUT2D eigenvalue weighted by Gasteiger charge is 2.25. The number of hydrogen-bond acceptors (Lipinski definition) is 2. The molecule has 66 valence electrons. The van der Waals surface area contributed by atoms with E-state index < -0.39 is 0 Å². The molecule has 0 aromatic carbocycles. The highest BCUT2D eigenvalue weighted by Crippen LogP contribution is 2.38. The van der Waals surface area contributed by atoms with Crippen LogP contribution in [0.4, 0.5) is 0 Å². The Morgan fingerprint density at radius 2 is 2.50 bits per heavy atom. The van der Waals surface area contributed by atoms with Crippen LogP contribution in [0.5, 0.6) is 0 Å². The third kappa shape index (κ3) is 1.31. The first-order chi connectivity index (χ1) is 5.81. The number of rotatable bonds is 2. The molecular formula is C9H12BrNO. The van der Waals surface area contributed by atoms with E-state index >= 15 is 0 Å². The highest BCUT2D eigenvalue weighted by molar-refractivity contribution is 9.10. The largest absolute Gasteiger partial charge is 0.454 e. The smallest absolute Gasteiger partial charge is 0.169 e. The SMILES string of the molecule is NCCC1CCc2oc(Br)cc21. The second-order valence-electron chi connectivity index (χ2n) is 3.24. The van der Waals surface area contributed by atoms with Gasteiger partial charge in [-0.15, -0.1) is 0 Å². The van der Waals surface area contributed by atoms with Gasteiger partial charge in [-0.2, -0.15) is 0 Å². The van der Waals surface area contributed by atoms with E-state index in [9.17, 15) is 0 Å². The van der Waals surface area contributed by atoms with Gasteiger partial charge in [-0.25, -0.2) is 0 Å². The van der Waals surface area contributed by atoms with Gasteiger partial charge in [0.05, 0.1) is 0 Å². The molecule has 3 heteroatoms. The fourth-order valence-electron chi connectivity index (χ4n) is 1.91. The number of furan rings is 1. The van der Waals surface area contributed by atoms with Crippen molar-refractivity contribution in [1.82, 2.24) is 0 Å². The molecule has 0 amide bonds. The van der Waals surface area contributed by atoms with Crippen LogP contribution in [0.25, 0.3) is 0 Å². The molecule has 0 saturated heterocycles. The molecule has 1 aliphatic carbocycles. The van der Waals surface area contributed by atoms with E-state index in [2.05, 4.69) is 22.0 Å². The Labute approximate surface area is 80.3 Å². The zero-order valence-corrected chi connectivity index (χ0v) is 8.43. The molecule has 2 nitrogen and oxygen atoms in total. The van der Waals surface area contributed by atoms with Crippen LogP contribution in [0.3, 0.4) is 0 Å². The first-order valence-corrected chi connectivity index (χ1v) is 5.08. The van der Waals surface area contributed by atoms with Gasteiger partial charge in [-0.05, 0) is 52.9 Å². The van der Waals surface area contributed by atoms with E-state index in [1.54, 1.807) is 0 Å². The summed E-state index contributed by atoms with van der Waals surface area (Å²) in [4.78, 5) is 0. The minimum Gasteiger partial charge on any atom is -0.454 e. The maximum absolute atomic E-state index is 5.53. The predicted molar refractivity (Wildman–Crippen MR) is 51.1 cm³/mol. The molecule has 0 fully saturated rings. The molecule has 1 unspecified atom stereocenters. The first kappa shape index (κ1) is 8.32. The van der Waals surface area contributed by atoms with Crippen LogP contribution in [-0.2, 0) is 6.42 Å². The lowest BCUT2D eigenvalue weighted by atomic mass is 10.0. The number of aryl methyl sites for hydroxylation is 1. The second kappa shape index (κ2) is 3.23. The number of halogens is 1. The molecule has 0 radical (unpaired) electrons. The van der Waals surface area contributed by atoms with Crippen molar-refractivity contribution in [2.24, 2.45) is 5.73 Å². The molecule has 1 aromatic rings. The molecule has 0 aliphatic heterocycles. The van der Waals surface area contributed by atoms with E-state index in [-0.39, 0.29) is 0 Å². The molecule has 2 rings (SSSR count). The van der Waals surface area contributed by atoms with Crippen molar-refractivity contribution in [3.63, 3.8) is 0 Å². The summed E-state index contributed by atoms with van der Waals surface area (Å²) < 4.78 is 6.33. The van der Waals surface area contributed by atoms with Crippen LogP contribution >= 0.6 is 15.9 Å². The topological polar surface area (TPSA) is 39.2 Å². The summed E-state index contributed by atoms with van der Waals surface area (Å²) >= 11 is 3.34. The summed E-state index contributed by atoms with van der Waals surface area (Å²) in [5, 5.41) is 0. The third-order valence-corrected chi connectivity index (χ3v) is 2.88. The van der Waals surface area contributed by atoms with E-state index in [1.165, 1.54) is 12.0 Å². The number of hydrogen-bond donors (Lipinski definition) is 1. The molecular weight excluding hydrogens is 218 g/mol. The number of fused-ring (bicyclic) bond motifs is 1. The van der Waals surface area contributed by atoms with Gasteiger partial charge in [-0.1, -0.05) is 0 Å². The fraction of sp³-hybridized carbons (Fsp3) is 0.556. The molecule has 1 atom stereocenters. The molecule has 0 spiro atoms. The van der Waals surface area contributed by atoms with E-state index in [4.69, 9.17) is 10.2 Å². The van der Waals surface area contributed by atoms with Gasteiger partial charge in [0.1, 0.15) is 5.76 Å². The Morgan fingerprint density at radius 1 is 1.67 bits per heavy atom. The summed E-state index contributed by atoms with van der Waals surface area (Å²) in [5.74, 6) is 1.79. The summed E-state index contributed by atoms with van der Waals surface area (Å²) in [5.41, 5.74) is 6.90. The Hall–Kier alpha value is -0.280. The maximum atomic E-state index is 5.53. The van der Waals surface area contributed by atoms with Gasteiger partial charge in [0.25, 0.3) is 0 Å². The minimum atomic E-state index is 0.639. The Kier molecular flexibility index (Phi) is 2.24. The van der Waals surface area contributed by atoms with Gasteiger partial charge in [0.2, 0.25) is 0 Å². The van der Waals surface area contributed by atoms with Crippen molar-refractivity contribution in [2.75, 3.05) is 6.54 Å². The second-order valence-corrected chi connectivity index (χ2v) is 4.02. The quantitative estimate of drug-likeness (QED) is 0.847. The van der Waals surface area contributed by atoms with Gasteiger partial charge in [0, 0.05) is 6.42 Å².